The molecule has 0 fully saturated rings. The van der Waals surface area contributed by atoms with Gasteiger partial charge in [0.1, 0.15) is 18.1 Å². The van der Waals surface area contributed by atoms with Crippen LogP contribution in [0, 0.1) is 0 Å². The fraction of sp³-hybridized carbons (Fsp3) is 0.0556. The highest BCUT2D eigenvalue weighted by Gasteiger charge is 2.17. The third-order valence-corrected chi connectivity index (χ3v) is 4.51. The Bertz CT molecular complexity index is 953. The smallest absolute Gasteiger partial charge is 0.255 e. The second-order valence-corrected chi connectivity index (χ2v) is 6.51. The van der Waals surface area contributed by atoms with E-state index in [1.165, 1.54) is 11.5 Å². The van der Waals surface area contributed by atoms with E-state index in [1.54, 1.807) is 24.3 Å². The zero-order valence-electron chi connectivity index (χ0n) is 12.9. The molecule has 1 aromatic heterocycles. The molecule has 1 aliphatic heterocycles. The number of nitrogens with one attached hydrogen (secondary N) is 1. The molecule has 0 bridgehead atoms. The van der Waals surface area contributed by atoms with Gasteiger partial charge >= 0.3 is 0 Å². The monoisotopic (exact) mass is 369 g/mol. The summed E-state index contributed by atoms with van der Waals surface area (Å²) in [6.07, 6.45) is 1.80. The van der Waals surface area contributed by atoms with Crippen molar-refractivity contribution in [2.24, 2.45) is 0 Å². The van der Waals surface area contributed by atoms with Gasteiger partial charge in [-0.1, -0.05) is 28.2 Å². The molecule has 0 atom stereocenters. The number of amides is 1. The molecule has 2 heterocycles. The van der Waals surface area contributed by atoms with Crippen molar-refractivity contribution in [2.45, 2.75) is 0 Å². The van der Waals surface area contributed by atoms with Crippen LogP contribution in [0.15, 0.2) is 53.4 Å². The third-order valence-electron chi connectivity index (χ3n) is 3.77. The van der Waals surface area contributed by atoms with Crippen LogP contribution < -0.4 is 10.1 Å². The average molecular weight is 370 g/mol. The summed E-state index contributed by atoms with van der Waals surface area (Å²) in [7, 11) is 0. The Kier molecular flexibility index (Phi) is 4.21. The highest BCUT2D eigenvalue weighted by Crippen LogP contribution is 2.29. The fourth-order valence-electron chi connectivity index (χ4n) is 2.51. The van der Waals surface area contributed by atoms with Gasteiger partial charge in [-0.3, -0.25) is 4.79 Å². The third kappa shape index (κ3) is 3.40. The number of aromatic nitrogens is 2. The first-order chi connectivity index (χ1) is 12.2. The van der Waals surface area contributed by atoms with E-state index in [1.807, 2.05) is 29.6 Å². The standard InChI is InChI=1S/C18H12ClN3O2S/c19-14-3-6-17-12(8-14)7-13(9-24-17)18(23)20-15-4-1-11(2-5-15)16-10-25-22-21-16/h1-8,10H,9H2,(H,20,23). The average Bonchev–Trinajstić information content (AvgIpc) is 3.16. The van der Waals surface area contributed by atoms with Crippen LogP contribution in [0.4, 0.5) is 5.69 Å². The number of nitrogens with zero attached hydrogens (tertiary/aromatic N) is 2. The van der Waals surface area contributed by atoms with Crippen LogP contribution in [0.25, 0.3) is 17.3 Å². The quantitative estimate of drug-likeness (QED) is 0.748. The molecule has 1 aliphatic rings. The fourth-order valence-corrected chi connectivity index (χ4v) is 3.15. The van der Waals surface area contributed by atoms with Gasteiger partial charge in [-0.25, -0.2) is 0 Å². The summed E-state index contributed by atoms with van der Waals surface area (Å²) < 4.78 is 9.46. The topological polar surface area (TPSA) is 64.1 Å². The van der Waals surface area contributed by atoms with Crippen molar-refractivity contribution in [1.29, 1.82) is 0 Å². The minimum absolute atomic E-state index is 0.200. The zero-order valence-corrected chi connectivity index (χ0v) is 14.5. The van der Waals surface area contributed by atoms with Gasteiger partial charge in [-0.15, -0.1) is 5.10 Å². The Morgan fingerprint density at radius 2 is 2.04 bits per heavy atom. The van der Waals surface area contributed by atoms with Gasteiger partial charge < -0.3 is 10.1 Å². The van der Waals surface area contributed by atoms with E-state index in [-0.39, 0.29) is 12.5 Å². The summed E-state index contributed by atoms with van der Waals surface area (Å²) in [6, 6.07) is 12.8. The van der Waals surface area contributed by atoms with Crippen LogP contribution in [0.2, 0.25) is 5.02 Å². The molecule has 1 amide bonds. The molecule has 3 aromatic rings. The molecule has 0 saturated heterocycles. The summed E-state index contributed by atoms with van der Waals surface area (Å²) in [6.45, 7) is 0.225. The normalized spacial score (nSPS) is 12.8. The molecule has 2 aromatic carbocycles. The lowest BCUT2D eigenvalue weighted by Crippen LogP contribution is -2.21. The predicted molar refractivity (Wildman–Crippen MR) is 98.9 cm³/mol. The first-order valence-electron chi connectivity index (χ1n) is 7.51. The van der Waals surface area contributed by atoms with Gasteiger partial charge in [0.25, 0.3) is 5.91 Å². The molecule has 124 valence electrons. The lowest BCUT2D eigenvalue weighted by Gasteiger charge is -2.18. The molecule has 7 heteroatoms. The molecule has 25 heavy (non-hydrogen) atoms. The summed E-state index contributed by atoms with van der Waals surface area (Å²) in [5, 5.41) is 9.38. The number of halogens is 1. The Balaban J connectivity index is 1.50. The number of ether oxygens (including phenoxy) is 1. The van der Waals surface area contributed by atoms with Crippen molar-refractivity contribution in [2.75, 3.05) is 11.9 Å². The summed E-state index contributed by atoms with van der Waals surface area (Å²) in [5.41, 5.74) is 3.82. The number of rotatable bonds is 3. The Morgan fingerprint density at radius 1 is 1.20 bits per heavy atom. The maximum atomic E-state index is 12.5. The highest BCUT2D eigenvalue weighted by atomic mass is 35.5. The number of anilines is 1. The largest absolute Gasteiger partial charge is 0.488 e. The molecule has 0 unspecified atom stereocenters. The molecule has 0 aliphatic carbocycles. The van der Waals surface area contributed by atoms with E-state index in [9.17, 15) is 4.79 Å². The van der Waals surface area contributed by atoms with Gasteiger partial charge in [-0.05, 0) is 47.9 Å². The lowest BCUT2D eigenvalue weighted by atomic mass is 10.1. The molecule has 0 radical (unpaired) electrons. The Hall–Kier alpha value is -2.70. The van der Waals surface area contributed by atoms with Crippen molar-refractivity contribution in [3.8, 4) is 17.0 Å². The minimum Gasteiger partial charge on any atom is -0.488 e. The molecular formula is C18H12ClN3O2S. The van der Waals surface area contributed by atoms with Crippen LogP contribution in [0.1, 0.15) is 5.56 Å². The van der Waals surface area contributed by atoms with E-state index in [2.05, 4.69) is 14.9 Å². The molecule has 1 N–H and O–H groups in total. The summed E-state index contributed by atoms with van der Waals surface area (Å²) in [4.78, 5) is 12.5. The second kappa shape index (κ2) is 6.66. The maximum absolute atomic E-state index is 12.5. The first kappa shape index (κ1) is 15.8. The van der Waals surface area contributed by atoms with Crippen molar-refractivity contribution in [3.05, 3.63) is 64.0 Å². The lowest BCUT2D eigenvalue weighted by molar-refractivity contribution is -0.113. The van der Waals surface area contributed by atoms with Gasteiger partial charge in [-0.2, -0.15) is 0 Å². The molecule has 4 rings (SSSR count). The number of fused-ring (bicyclic) bond motifs is 1. The maximum Gasteiger partial charge on any atom is 0.255 e. The van der Waals surface area contributed by atoms with Crippen LogP contribution in [0.3, 0.4) is 0 Å². The van der Waals surface area contributed by atoms with E-state index >= 15 is 0 Å². The molecule has 5 nitrogen and oxygen atoms in total. The van der Waals surface area contributed by atoms with Crippen molar-refractivity contribution in [1.82, 2.24) is 9.59 Å². The van der Waals surface area contributed by atoms with Crippen molar-refractivity contribution >= 4 is 40.8 Å². The van der Waals surface area contributed by atoms with E-state index in [4.69, 9.17) is 16.3 Å². The number of carbonyl (C=O) groups excluding carboxylic acids is 1. The Morgan fingerprint density at radius 3 is 2.80 bits per heavy atom. The van der Waals surface area contributed by atoms with Gasteiger partial charge in [0.2, 0.25) is 0 Å². The SMILES string of the molecule is O=C(Nc1ccc(-c2csnn2)cc1)C1=Cc2cc(Cl)ccc2OC1. The second-order valence-electron chi connectivity index (χ2n) is 5.46. The van der Waals surface area contributed by atoms with Gasteiger partial charge in [0.15, 0.2) is 0 Å². The Labute approximate surface area is 153 Å². The first-order valence-corrected chi connectivity index (χ1v) is 8.72. The highest BCUT2D eigenvalue weighted by molar-refractivity contribution is 7.03. The number of carbonyl (C=O) groups is 1. The van der Waals surface area contributed by atoms with Gasteiger partial charge in [0, 0.05) is 27.2 Å². The predicted octanol–water partition coefficient (Wildman–Crippen LogP) is 4.27. The van der Waals surface area contributed by atoms with Crippen LogP contribution in [0.5, 0.6) is 5.75 Å². The number of hydrogen-bond donors (Lipinski definition) is 1. The zero-order chi connectivity index (χ0) is 17.2. The van der Waals surface area contributed by atoms with E-state index in [0.717, 1.165) is 22.6 Å². The molecule has 0 saturated carbocycles. The summed E-state index contributed by atoms with van der Waals surface area (Å²) in [5.74, 6) is 0.524. The van der Waals surface area contributed by atoms with Crippen molar-refractivity contribution in [3.63, 3.8) is 0 Å². The van der Waals surface area contributed by atoms with Crippen LogP contribution in [-0.4, -0.2) is 22.1 Å². The molecular weight excluding hydrogens is 358 g/mol. The minimum atomic E-state index is -0.200. The molecule has 0 spiro atoms. The summed E-state index contributed by atoms with van der Waals surface area (Å²) >= 11 is 7.30. The number of benzene rings is 2. The number of hydrogen-bond acceptors (Lipinski definition) is 5. The van der Waals surface area contributed by atoms with Crippen molar-refractivity contribution < 1.29 is 9.53 Å². The van der Waals surface area contributed by atoms with Crippen LogP contribution >= 0.6 is 23.1 Å². The van der Waals surface area contributed by atoms with Gasteiger partial charge in [0.05, 0.1) is 5.57 Å². The van der Waals surface area contributed by atoms with E-state index in [0.29, 0.717) is 16.3 Å². The van der Waals surface area contributed by atoms with Crippen LogP contribution in [-0.2, 0) is 4.79 Å². The van der Waals surface area contributed by atoms with E-state index < -0.39 is 0 Å².